The molecule has 4 rings (SSSR count). The molecule has 0 unspecified atom stereocenters. The summed E-state index contributed by atoms with van der Waals surface area (Å²) < 4.78 is 8.58. The zero-order chi connectivity index (χ0) is 15.8. The maximum absolute atomic E-state index is 10.2. The predicted molar refractivity (Wildman–Crippen MR) is 95.0 cm³/mol. The molecule has 0 aliphatic carbocycles. The van der Waals surface area contributed by atoms with Gasteiger partial charge in [-0.3, -0.25) is 4.99 Å². The van der Waals surface area contributed by atoms with E-state index in [4.69, 9.17) is 0 Å². The van der Waals surface area contributed by atoms with Crippen molar-refractivity contribution in [3.63, 3.8) is 0 Å². The molecule has 0 fully saturated rings. The van der Waals surface area contributed by atoms with E-state index >= 15 is 0 Å². The van der Waals surface area contributed by atoms with Crippen LogP contribution in [0.3, 0.4) is 0 Å². The Labute approximate surface area is 137 Å². The van der Waals surface area contributed by atoms with E-state index in [-0.39, 0.29) is 5.75 Å². The van der Waals surface area contributed by atoms with Crippen molar-refractivity contribution < 1.29 is 5.11 Å². The highest BCUT2D eigenvalue weighted by atomic mass is 32.1. The van der Waals surface area contributed by atoms with Crippen LogP contribution in [-0.2, 0) is 0 Å². The fourth-order valence-corrected chi connectivity index (χ4v) is 3.19. The van der Waals surface area contributed by atoms with E-state index in [1.54, 1.807) is 12.3 Å². The van der Waals surface area contributed by atoms with Crippen LogP contribution in [0.4, 0.5) is 5.69 Å². The van der Waals surface area contributed by atoms with Gasteiger partial charge in [0, 0.05) is 11.8 Å². The molecule has 0 saturated heterocycles. The van der Waals surface area contributed by atoms with Crippen LogP contribution in [0, 0.1) is 6.92 Å². The normalized spacial score (nSPS) is 11.7. The van der Waals surface area contributed by atoms with Gasteiger partial charge in [0.1, 0.15) is 16.8 Å². The van der Waals surface area contributed by atoms with Gasteiger partial charge in [0.25, 0.3) is 0 Å². The minimum Gasteiger partial charge on any atom is -0.507 e. The first-order valence-electron chi connectivity index (χ1n) is 7.21. The van der Waals surface area contributed by atoms with Crippen molar-refractivity contribution >= 4 is 45.4 Å². The SMILES string of the molecule is Cc1ccc2nsnc2c1/N=C/c1c(O)ccc2ccccc12. The number of rotatable bonds is 2. The van der Waals surface area contributed by atoms with E-state index < -0.39 is 0 Å². The second kappa shape index (κ2) is 5.44. The third kappa shape index (κ3) is 2.35. The van der Waals surface area contributed by atoms with Crippen LogP contribution in [0.15, 0.2) is 53.5 Å². The number of phenolic OH excluding ortho intramolecular Hbond substituents is 1. The van der Waals surface area contributed by atoms with Crippen molar-refractivity contribution in [2.45, 2.75) is 6.92 Å². The monoisotopic (exact) mass is 319 g/mol. The van der Waals surface area contributed by atoms with Crippen LogP contribution in [0.1, 0.15) is 11.1 Å². The van der Waals surface area contributed by atoms with E-state index in [0.717, 1.165) is 33.1 Å². The summed E-state index contributed by atoms with van der Waals surface area (Å²) >= 11 is 1.18. The third-order valence-corrected chi connectivity index (χ3v) is 4.42. The summed E-state index contributed by atoms with van der Waals surface area (Å²) in [6.07, 6.45) is 1.71. The fraction of sp³-hybridized carbons (Fsp3) is 0.0556. The second-order valence-electron chi connectivity index (χ2n) is 5.34. The van der Waals surface area contributed by atoms with Gasteiger partial charge in [-0.2, -0.15) is 8.75 Å². The van der Waals surface area contributed by atoms with Crippen molar-refractivity contribution in [2.75, 3.05) is 0 Å². The molecule has 0 bridgehead atoms. The molecule has 1 N–H and O–H groups in total. The van der Waals surface area contributed by atoms with Crippen LogP contribution in [0.5, 0.6) is 5.75 Å². The molecule has 0 atom stereocenters. The summed E-state index contributed by atoms with van der Waals surface area (Å²) in [7, 11) is 0. The zero-order valence-electron chi connectivity index (χ0n) is 12.4. The van der Waals surface area contributed by atoms with E-state index in [1.807, 2.05) is 49.4 Å². The van der Waals surface area contributed by atoms with Crippen LogP contribution < -0.4 is 0 Å². The number of fused-ring (bicyclic) bond motifs is 2. The average Bonchev–Trinajstić information content (AvgIpc) is 3.04. The lowest BCUT2D eigenvalue weighted by Crippen LogP contribution is -1.87. The smallest absolute Gasteiger partial charge is 0.130 e. The van der Waals surface area contributed by atoms with Crippen molar-refractivity contribution in [1.82, 2.24) is 8.75 Å². The lowest BCUT2D eigenvalue weighted by molar-refractivity contribution is 0.475. The van der Waals surface area contributed by atoms with Crippen molar-refractivity contribution in [3.8, 4) is 5.75 Å². The van der Waals surface area contributed by atoms with Gasteiger partial charge in [-0.15, -0.1) is 0 Å². The van der Waals surface area contributed by atoms with E-state index in [1.165, 1.54) is 11.7 Å². The van der Waals surface area contributed by atoms with Gasteiger partial charge in [-0.05, 0) is 35.4 Å². The molecule has 0 saturated carbocycles. The third-order valence-electron chi connectivity index (χ3n) is 3.87. The number of benzene rings is 3. The van der Waals surface area contributed by atoms with E-state index in [2.05, 4.69) is 13.7 Å². The number of aliphatic imine (C=N–C) groups is 1. The number of phenols is 1. The molecule has 0 aliphatic rings. The minimum absolute atomic E-state index is 0.216. The highest BCUT2D eigenvalue weighted by molar-refractivity contribution is 7.00. The molecule has 23 heavy (non-hydrogen) atoms. The second-order valence-corrected chi connectivity index (χ2v) is 5.87. The summed E-state index contributed by atoms with van der Waals surface area (Å²) in [5.74, 6) is 0.216. The topological polar surface area (TPSA) is 58.4 Å². The van der Waals surface area contributed by atoms with E-state index in [9.17, 15) is 5.11 Å². The highest BCUT2D eigenvalue weighted by Crippen LogP contribution is 2.30. The van der Waals surface area contributed by atoms with Gasteiger partial charge in [0.15, 0.2) is 0 Å². The molecule has 4 nitrogen and oxygen atoms in total. The number of hydrogen-bond acceptors (Lipinski definition) is 5. The first kappa shape index (κ1) is 13.8. The number of aromatic nitrogens is 2. The molecule has 0 aliphatic heterocycles. The van der Waals surface area contributed by atoms with Gasteiger partial charge in [-0.1, -0.05) is 36.4 Å². The summed E-state index contributed by atoms with van der Waals surface area (Å²) in [6.45, 7) is 1.99. The molecule has 112 valence electrons. The van der Waals surface area contributed by atoms with Gasteiger partial charge in [-0.25, -0.2) is 0 Å². The van der Waals surface area contributed by atoms with Gasteiger partial charge in [0.2, 0.25) is 0 Å². The quantitative estimate of drug-likeness (QED) is 0.549. The Bertz CT molecular complexity index is 1050. The minimum atomic E-state index is 0.216. The number of aromatic hydroxyl groups is 1. The Hall–Kier alpha value is -2.79. The van der Waals surface area contributed by atoms with Crippen LogP contribution in [0.25, 0.3) is 21.8 Å². The molecular weight excluding hydrogens is 306 g/mol. The van der Waals surface area contributed by atoms with Crippen molar-refractivity contribution in [3.05, 3.63) is 59.7 Å². The Kier molecular flexibility index (Phi) is 3.28. The first-order chi connectivity index (χ1) is 11.2. The standard InChI is InChI=1S/C18H13N3OS/c1-11-6-8-15-18(21-23-20-15)17(11)19-10-14-13-5-3-2-4-12(13)7-9-16(14)22/h2-10,22H,1H3/b19-10+. The maximum Gasteiger partial charge on any atom is 0.130 e. The van der Waals surface area contributed by atoms with Gasteiger partial charge >= 0.3 is 0 Å². The molecule has 1 heterocycles. The summed E-state index contributed by atoms with van der Waals surface area (Å²) in [6, 6.07) is 15.5. The summed E-state index contributed by atoms with van der Waals surface area (Å²) in [5, 5.41) is 12.2. The van der Waals surface area contributed by atoms with Crippen LogP contribution >= 0.6 is 11.7 Å². The first-order valence-corrected chi connectivity index (χ1v) is 7.94. The Morgan fingerprint density at radius 2 is 1.91 bits per heavy atom. The molecule has 1 aromatic heterocycles. The molecule has 0 radical (unpaired) electrons. The number of hydrogen-bond donors (Lipinski definition) is 1. The van der Waals surface area contributed by atoms with Gasteiger partial charge < -0.3 is 5.11 Å². The van der Waals surface area contributed by atoms with Crippen LogP contribution in [0.2, 0.25) is 0 Å². The maximum atomic E-state index is 10.2. The molecule has 5 heteroatoms. The van der Waals surface area contributed by atoms with Crippen molar-refractivity contribution in [1.29, 1.82) is 0 Å². The summed E-state index contributed by atoms with van der Waals surface area (Å²) in [5.41, 5.74) is 4.17. The number of aryl methyl sites for hydroxylation is 1. The number of nitrogens with zero attached hydrogens (tertiary/aromatic N) is 3. The molecule has 3 aromatic carbocycles. The zero-order valence-corrected chi connectivity index (χ0v) is 13.2. The fourth-order valence-electron chi connectivity index (χ4n) is 2.65. The average molecular weight is 319 g/mol. The molecule has 0 spiro atoms. The Balaban J connectivity index is 1.90. The summed E-state index contributed by atoms with van der Waals surface area (Å²) in [4.78, 5) is 4.61. The largest absolute Gasteiger partial charge is 0.507 e. The molecule has 4 aromatic rings. The molecular formula is C18H13N3OS. The van der Waals surface area contributed by atoms with Crippen LogP contribution in [-0.4, -0.2) is 20.1 Å². The Morgan fingerprint density at radius 1 is 1.04 bits per heavy atom. The van der Waals surface area contributed by atoms with Crippen molar-refractivity contribution in [2.24, 2.45) is 4.99 Å². The Morgan fingerprint density at radius 3 is 2.83 bits per heavy atom. The molecule has 0 amide bonds. The predicted octanol–water partition coefficient (Wildman–Crippen LogP) is 4.61. The van der Waals surface area contributed by atoms with Gasteiger partial charge in [0.05, 0.1) is 17.4 Å². The lowest BCUT2D eigenvalue weighted by Gasteiger charge is -2.05. The lowest BCUT2D eigenvalue weighted by atomic mass is 10.0. The van der Waals surface area contributed by atoms with E-state index in [0.29, 0.717) is 5.56 Å². The highest BCUT2D eigenvalue weighted by Gasteiger charge is 2.09.